The molecule has 0 heterocycles. The molecule has 0 atom stereocenters. The molecule has 0 aliphatic heterocycles. The minimum Gasteiger partial charge on any atom is -0.434 e. The number of ether oxygens (including phenoxy) is 4. The highest BCUT2D eigenvalue weighted by atomic mass is 31.2. The van der Waals surface area contributed by atoms with Crippen LogP contribution in [0.3, 0.4) is 0 Å². The smallest absolute Gasteiger partial charge is 0.434 e. The molecular formula is C28H40NO9P. The van der Waals surface area contributed by atoms with Gasteiger partial charge in [0.25, 0.3) is 0 Å². The van der Waals surface area contributed by atoms with E-state index in [1.165, 1.54) is 11.1 Å². The van der Waals surface area contributed by atoms with Gasteiger partial charge in [0.15, 0.2) is 0 Å². The fourth-order valence-electron chi connectivity index (χ4n) is 3.38. The van der Waals surface area contributed by atoms with Crippen molar-refractivity contribution in [3.8, 4) is 0 Å². The van der Waals surface area contributed by atoms with Crippen molar-refractivity contribution in [3.05, 3.63) is 71.8 Å². The molecule has 0 saturated heterocycles. The second-order valence-corrected chi connectivity index (χ2v) is 10.3. The van der Waals surface area contributed by atoms with Crippen molar-refractivity contribution in [2.24, 2.45) is 5.50 Å². The highest BCUT2D eigenvalue weighted by Crippen LogP contribution is 2.39. The summed E-state index contributed by atoms with van der Waals surface area (Å²) >= 11 is 0. The quantitative estimate of drug-likeness (QED) is 0.112. The molecule has 2 aromatic carbocycles. The van der Waals surface area contributed by atoms with E-state index in [1.807, 2.05) is 60.7 Å². The number of hydrogen-bond acceptors (Lipinski definition) is 9. The number of carbonyl (C=O) groups excluding carboxylic acids is 2. The normalized spacial score (nSPS) is 11.1. The number of rotatable bonds is 20. The summed E-state index contributed by atoms with van der Waals surface area (Å²) in [6.07, 6.45) is 3.62. The van der Waals surface area contributed by atoms with Crippen LogP contribution in [0.15, 0.2) is 60.7 Å². The van der Waals surface area contributed by atoms with Gasteiger partial charge in [-0.15, -0.1) is 0 Å². The van der Waals surface area contributed by atoms with E-state index in [-0.39, 0.29) is 39.6 Å². The molecule has 2 rings (SSSR count). The van der Waals surface area contributed by atoms with Gasteiger partial charge in [-0.3, -0.25) is 9.05 Å². The Labute approximate surface area is 230 Å². The van der Waals surface area contributed by atoms with E-state index in [4.69, 9.17) is 33.5 Å². The van der Waals surface area contributed by atoms with Crippen LogP contribution in [0.2, 0.25) is 0 Å². The van der Waals surface area contributed by atoms with Crippen LogP contribution in [0.5, 0.6) is 0 Å². The highest BCUT2D eigenvalue weighted by molar-refractivity contribution is 7.51. The van der Waals surface area contributed by atoms with E-state index in [0.29, 0.717) is 38.5 Å². The van der Waals surface area contributed by atoms with E-state index in [1.54, 1.807) is 0 Å². The minimum atomic E-state index is -3.68. The Morgan fingerprint density at radius 2 is 0.872 bits per heavy atom. The first kappa shape index (κ1) is 32.3. The summed E-state index contributed by atoms with van der Waals surface area (Å²) < 4.78 is 42.4. The second kappa shape index (κ2) is 20.1. The summed E-state index contributed by atoms with van der Waals surface area (Å²) in [7, 11) is -3.68. The molecule has 39 heavy (non-hydrogen) atoms. The molecule has 0 unspecified atom stereocenters. The molecule has 10 nitrogen and oxygen atoms in total. The Bertz CT molecular complexity index is 900. The van der Waals surface area contributed by atoms with Crippen molar-refractivity contribution in [2.75, 3.05) is 39.6 Å². The summed E-state index contributed by atoms with van der Waals surface area (Å²) in [5, 5.41) is 0. The van der Waals surface area contributed by atoms with E-state index in [0.717, 1.165) is 12.8 Å². The maximum atomic E-state index is 12.1. The first-order valence-electron chi connectivity index (χ1n) is 13.3. The first-order chi connectivity index (χ1) is 18.9. The van der Waals surface area contributed by atoms with Gasteiger partial charge in [-0.2, -0.15) is 0 Å². The van der Waals surface area contributed by atoms with Gasteiger partial charge in [0.2, 0.25) is 0 Å². The summed E-state index contributed by atoms with van der Waals surface area (Å²) in [5.74, 6) is 0. The maximum absolute atomic E-state index is 12.1. The van der Waals surface area contributed by atoms with Crippen LogP contribution in [-0.2, 0) is 45.4 Å². The molecule has 11 heteroatoms. The van der Waals surface area contributed by atoms with Crippen LogP contribution >= 0.6 is 7.75 Å². The van der Waals surface area contributed by atoms with Crippen LogP contribution < -0.4 is 5.50 Å². The third-order valence-electron chi connectivity index (χ3n) is 5.40. The minimum absolute atomic E-state index is 0.0997. The Kier molecular flexibility index (Phi) is 16.6. The number of aryl methyl sites for hydroxylation is 2. The van der Waals surface area contributed by atoms with Crippen LogP contribution in [0.25, 0.3) is 0 Å². The molecule has 0 radical (unpaired) electrons. The molecular weight excluding hydrogens is 525 g/mol. The Morgan fingerprint density at radius 3 is 1.26 bits per heavy atom. The van der Waals surface area contributed by atoms with Crippen LogP contribution in [0.1, 0.15) is 49.7 Å². The fraction of sp³-hybridized carbons (Fsp3) is 0.500. The van der Waals surface area contributed by atoms with Crippen LogP contribution in [0, 0.1) is 0 Å². The molecule has 2 aromatic rings. The molecule has 0 aliphatic carbocycles. The predicted octanol–water partition coefficient (Wildman–Crippen LogP) is 6.22. The Hall–Kier alpha value is -2.91. The van der Waals surface area contributed by atoms with Crippen molar-refractivity contribution >= 4 is 20.1 Å². The molecule has 0 aromatic heterocycles. The molecule has 0 spiro atoms. The molecule has 216 valence electrons. The lowest BCUT2D eigenvalue weighted by Crippen LogP contribution is -2.11. The predicted molar refractivity (Wildman–Crippen MR) is 146 cm³/mol. The molecule has 0 amide bonds. The summed E-state index contributed by atoms with van der Waals surface area (Å²) in [6.45, 7) is 1.09. The van der Waals surface area contributed by atoms with Crippen molar-refractivity contribution in [2.45, 2.75) is 51.4 Å². The lowest BCUT2D eigenvalue weighted by molar-refractivity contribution is 0.0522. The SMILES string of the molecule is NP(=O)(OCCCCOC(=O)OCCCc1ccccc1)OCCCCOC(=O)OCCCc1ccccc1. The number of hydrogen-bond donors (Lipinski definition) is 1. The Balaban J connectivity index is 1.36. The average Bonchev–Trinajstić information content (AvgIpc) is 2.94. The second-order valence-electron chi connectivity index (χ2n) is 8.69. The number of nitrogens with two attached hydrogens (primary N) is 1. The standard InChI is InChI=1S/C28H40NO9P/c29-39(32,37-23-9-7-19-33-27(30)35-21-11-17-25-13-3-1-4-14-25)38-24-10-8-20-34-28(31)36-22-12-18-26-15-5-2-6-16-26/h1-6,13-16H,7-12,17-24H2,(H2,29,32). The number of benzene rings is 2. The zero-order chi connectivity index (χ0) is 28.0. The largest absolute Gasteiger partial charge is 0.508 e. The van der Waals surface area contributed by atoms with Crippen molar-refractivity contribution in [1.82, 2.24) is 0 Å². The highest BCUT2D eigenvalue weighted by Gasteiger charge is 2.17. The van der Waals surface area contributed by atoms with Gasteiger partial charge in [0, 0.05) is 0 Å². The third-order valence-corrected chi connectivity index (χ3v) is 6.49. The lowest BCUT2D eigenvalue weighted by atomic mass is 10.1. The summed E-state index contributed by atoms with van der Waals surface area (Å²) in [5.41, 5.74) is 7.94. The van der Waals surface area contributed by atoms with Gasteiger partial charge in [0.1, 0.15) is 0 Å². The zero-order valence-electron chi connectivity index (χ0n) is 22.4. The van der Waals surface area contributed by atoms with Gasteiger partial charge in [-0.25, -0.2) is 19.7 Å². The summed E-state index contributed by atoms with van der Waals surface area (Å²) in [4.78, 5) is 23.2. The van der Waals surface area contributed by atoms with Gasteiger partial charge in [-0.1, -0.05) is 60.7 Å². The fourth-order valence-corrected chi connectivity index (χ4v) is 4.22. The van der Waals surface area contributed by atoms with Gasteiger partial charge in [0.05, 0.1) is 39.6 Å². The van der Waals surface area contributed by atoms with E-state index in [9.17, 15) is 14.2 Å². The molecule has 2 N–H and O–H groups in total. The lowest BCUT2D eigenvalue weighted by Gasteiger charge is -2.13. The van der Waals surface area contributed by atoms with Crippen LogP contribution in [-0.4, -0.2) is 52.0 Å². The third kappa shape index (κ3) is 17.3. The monoisotopic (exact) mass is 565 g/mol. The maximum Gasteiger partial charge on any atom is 0.508 e. The van der Waals surface area contributed by atoms with Crippen molar-refractivity contribution in [1.29, 1.82) is 0 Å². The number of carbonyl (C=O) groups is 2. The van der Waals surface area contributed by atoms with Crippen molar-refractivity contribution < 1.29 is 42.1 Å². The molecule has 0 saturated carbocycles. The first-order valence-corrected chi connectivity index (χ1v) is 14.9. The van der Waals surface area contributed by atoms with Gasteiger partial charge >= 0.3 is 20.1 Å². The molecule has 0 aliphatic rings. The number of unbranched alkanes of at least 4 members (excludes halogenated alkanes) is 2. The summed E-state index contributed by atoms with van der Waals surface area (Å²) in [6, 6.07) is 19.9. The van der Waals surface area contributed by atoms with Crippen LogP contribution in [0.4, 0.5) is 9.59 Å². The zero-order valence-corrected chi connectivity index (χ0v) is 23.3. The van der Waals surface area contributed by atoms with E-state index >= 15 is 0 Å². The van der Waals surface area contributed by atoms with E-state index < -0.39 is 20.1 Å². The van der Waals surface area contributed by atoms with E-state index in [2.05, 4.69) is 0 Å². The van der Waals surface area contributed by atoms with Crippen molar-refractivity contribution in [3.63, 3.8) is 0 Å². The molecule has 0 bridgehead atoms. The Morgan fingerprint density at radius 1 is 0.538 bits per heavy atom. The average molecular weight is 566 g/mol. The van der Waals surface area contributed by atoms with Gasteiger partial charge < -0.3 is 18.9 Å². The van der Waals surface area contributed by atoms with Gasteiger partial charge in [-0.05, 0) is 62.5 Å². The topological polar surface area (TPSA) is 133 Å². The molecule has 0 fully saturated rings.